The van der Waals surface area contributed by atoms with Gasteiger partial charge in [0.25, 0.3) is 5.91 Å². The second-order valence-corrected chi connectivity index (χ2v) is 5.12. The van der Waals surface area contributed by atoms with Crippen LogP contribution in [0.5, 0.6) is 5.75 Å². The first-order chi connectivity index (χ1) is 9.16. The fourth-order valence-corrected chi connectivity index (χ4v) is 2.72. The van der Waals surface area contributed by atoms with Crippen molar-refractivity contribution in [3.8, 4) is 5.75 Å². The third-order valence-electron chi connectivity index (χ3n) is 3.77. The molecule has 3 rings (SSSR count). The molecule has 0 aromatic heterocycles. The van der Waals surface area contributed by atoms with Gasteiger partial charge in [-0.3, -0.25) is 4.79 Å². The van der Waals surface area contributed by atoms with Crippen molar-refractivity contribution in [3.63, 3.8) is 0 Å². The Morgan fingerprint density at radius 1 is 1.53 bits per heavy atom. The van der Waals surface area contributed by atoms with Gasteiger partial charge in [0, 0.05) is 37.7 Å². The van der Waals surface area contributed by atoms with E-state index in [2.05, 4.69) is 5.32 Å². The lowest BCUT2D eigenvalue weighted by atomic mass is 10.1. The van der Waals surface area contributed by atoms with Crippen LogP contribution in [0.4, 0.5) is 4.39 Å². The number of amides is 1. The Hall–Kier alpha value is -1.62. The van der Waals surface area contributed by atoms with Crippen LogP contribution in [0.1, 0.15) is 12.5 Å². The molecule has 19 heavy (non-hydrogen) atoms. The lowest BCUT2D eigenvalue weighted by Crippen LogP contribution is -2.55. The molecule has 1 amide bonds. The maximum atomic E-state index is 13.6. The Morgan fingerprint density at radius 3 is 3.11 bits per heavy atom. The van der Waals surface area contributed by atoms with Crippen molar-refractivity contribution < 1.29 is 13.9 Å². The minimum atomic E-state index is -0.576. The summed E-state index contributed by atoms with van der Waals surface area (Å²) in [6.45, 7) is 4.27. The second-order valence-electron chi connectivity index (χ2n) is 5.12. The standard InChI is InChI=1S/C14H17FN2O2/c1-9-8-16-5-6-17(9)14(18)12-7-10-3-2-4-11(15)13(10)19-12/h2-4,9,12,16H,5-8H2,1H3/t9-,12+/m0/s1. The molecule has 1 aromatic rings. The summed E-state index contributed by atoms with van der Waals surface area (Å²) in [5.41, 5.74) is 0.779. The van der Waals surface area contributed by atoms with Gasteiger partial charge in [-0.25, -0.2) is 4.39 Å². The van der Waals surface area contributed by atoms with E-state index in [-0.39, 0.29) is 23.5 Å². The van der Waals surface area contributed by atoms with E-state index < -0.39 is 6.10 Å². The van der Waals surface area contributed by atoms with Gasteiger partial charge in [0.15, 0.2) is 17.7 Å². The van der Waals surface area contributed by atoms with Crippen LogP contribution in [0.3, 0.4) is 0 Å². The zero-order valence-electron chi connectivity index (χ0n) is 10.9. The van der Waals surface area contributed by atoms with Crippen LogP contribution in [0.15, 0.2) is 18.2 Å². The smallest absolute Gasteiger partial charge is 0.264 e. The monoisotopic (exact) mass is 264 g/mol. The van der Waals surface area contributed by atoms with Crippen molar-refractivity contribution in [1.29, 1.82) is 0 Å². The Labute approximate surface area is 111 Å². The Morgan fingerprint density at radius 2 is 2.37 bits per heavy atom. The van der Waals surface area contributed by atoms with Gasteiger partial charge < -0.3 is 15.0 Å². The minimum Gasteiger partial charge on any atom is -0.477 e. The molecule has 1 saturated heterocycles. The number of carbonyl (C=O) groups excluding carboxylic acids is 1. The summed E-state index contributed by atoms with van der Waals surface area (Å²) in [7, 11) is 0. The molecule has 4 nitrogen and oxygen atoms in total. The van der Waals surface area contributed by atoms with Gasteiger partial charge in [0.05, 0.1) is 0 Å². The molecule has 1 fully saturated rings. The molecule has 5 heteroatoms. The van der Waals surface area contributed by atoms with E-state index in [1.807, 2.05) is 17.9 Å². The van der Waals surface area contributed by atoms with Gasteiger partial charge in [-0.05, 0) is 13.0 Å². The molecule has 2 atom stereocenters. The highest BCUT2D eigenvalue weighted by Crippen LogP contribution is 2.32. The zero-order valence-corrected chi connectivity index (χ0v) is 10.9. The first-order valence-corrected chi connectivity index (χ1v) is 6.62. The molecule has 0 bridgehead atoms. The molecule has 0 spiro atoms. The first-order valence-electron chi connectivity index (χ1n) is 6.62. The normalized spacial score (nSPS) is 25.9. The molecule has 0 radical (unpaired) electrons. The van der Waals surface area contributed by atoms with Crippen molar-refractivity contribution in [2.24, 2.45) is 0 Å². The summed E-state index contributed by atoms with van der Waals surface area (Å²) in [6.07, 6.45) is -0.116. The molecule has 0 saturated carbocycles. The number of piperazine rings is 1. The third-order valence-corrected chi connectivity index (χ3v) is 3.77. The van der Waals surface area contributed by atoms with E-state index in [1.165, 1.54) is 6.07 Å². The summed E-state index contributed by atoms with van der Waals surface area (Å²) in [4.78, 5) is 14.3. The summed E-state index contributed by atoms with van der Waals surface area (Å²) in [5, 5.41) is 3.24. The number of nitrogens with one attached hydrogen (secondary N) is 1. The zero-order chi connectivity index (χ0) is 13.4. The molecular weight excluding hydrogens is 247 g/mol. The summed E-state index contributed by atoms with van der Waals surface area (Å²) in [6, 6.07) is 4.97. The van der Waals surface area contributed by atoms with E-state index in [9.17, 15) is 9.18 Å². The van der Waals surface area contributed by atoms with Crippen molar-refractivity contribution >= 4 is 5.91 Å². The van der Waals surface area contributed by atoms with Gasteiger partial charge in [0.2, 0.25) is 0 Å². The van der Waals surface area contributed by atoms with E-state index in [0.29, 0.717) is 13.0 Å². The van der Waals surface area contributed by atoms with Gasteiger partial charge >= 0.3 is 0 Å². The number of benzene rings is 1. The highest BCUT2D eigenvalue weighted by Gasteiger charge is 2.36. The van der Waals surface area contributed by atoms with Crippen molar-refractivity contribution in [2.45, 2.75) is 25.5 Å². The van der Waals surface area contributed by atoms with Crippen molar-refractivity contribution in [2.75, 3.05) is 19.6 Å². The number of carbonyl (C=O) groups is 1. The molecule has 2 aliphatic rings. The van der Waals surface area contributed by atoms with E-state index in [1.54, 1.807) is 6.07 Å². The van der Waals surface area contributed by atoms with Crippen LogP contribution in [0.2, 0.25) is 0 Å². The maximum Gasteiger partial charge on any atom is 0.264 e. The number of halogens is 1. The highest BCUT2D eigenvalue weighted by atomic mass is 19.1. The number of hydrogen-bond donors (Lipinski definition) is 1. The number of para-hydroxylation sites is 1. The number of fused-ring (bicyclic) bond motifs is 1. The molecule has 0 unspecified atom stereocenters. The van der Waals surface area contributed by atoms with Crippen molar-refractivity contribution in [3.05, 3.63) is 29.6 Å². The largest absolute Gasteiger partial charge is 0.477 e. The van der Waals surface area contributed by atoms with Crippen LogP contribution in [0, 0.1) is 5.82 Å². The van der Waals surface area contributed by atoms with Gasteiger partial charge in [-0.15, -0.1) is 0 Å². The Balaban J connectivity index is 1.75. The van der Waals surface area contributed by atoms with Crippen LogP contribution in [-0.4, -0.2) is 42.6 Å². The number of hydrogen-bond acceptors (Lipinski definition) is 3. The van der Waals surface area contributed by atoms with Crippen LogP contribution in [0.25, 0.3) is 0 Å². The van der Waals surface area contributed by atoms with Crippen molar-refractivity contribution in [1.82, 2.24) is 10.2 Å². The average molecular weight is 264 g/mol. The van der Waals surface area contributed by atoms with Gasteiger partial charge in [-0.1, -0.05) is 12.1 Å². The summed E-state index contributed by atoms with van der Waals surface area (Å²) >= 11 is 0. The molecule has 102 valence electrons. The Kier molecular flexibility index (Phi) is 3.14. The maximum absolute atomic E-state index is 13.6. The fraction of sp³-hybridized carbons (Fsp3) is 0.500. The number of ether oxygens (including phenoxy) is 1. The molecule has 0 aliphatic carbocycles. The highest BCUT2D eigenvalue weighted by molar-refractivity contribution is 5.83. The predicted molar refractivity (Wildman–Crippen MR) is 68.6 cm³/mol. The predicted octanol–water partition coefficient (Wildman–Crippen LogP) is 0.950. The lowest BCUT2D eigenvalue weighted by Gasteiger charge is -2.35. The van der Waals surface area contributed by atoms with Crippen LogP contribution in [-0.2, 0) is 11.2 Å². The quantitative estimate of drug-likeness (QED) is 0.821. The summed E-state index contributed by atoms with van der Waals surface area (Å²) < 4.78 is 19.1. The molecule has 1 aromatic carbocycles. The SMILES string of the molecule is C[C@H]1CNCCN1C(=O)[C@H]1Cc2cccc(F)c2O1. The van der Waals surface area contributed by atoms with E-state index in [4.69, 9.17) is 4.74 Å². The van der Waals surface area contributed by atoms with Gasteiger partial charge in [-0.2, -0.15) is 0 Å². The topological polar surface area (TPSA) is 41.6 Å². The van der Waals surface area contributed by atoms with Crippen LogP contribution < -0.4 is 10.1 Å². The molecule has 2 heterocycles. The fourth-order valence-electron chi connectivity index (χ4n) is 2.72. The minimum absolute atomic E-state index is 0.0374. The molecule has 1 N–H and O–H groups in total. The summed E-state index contributed by atoms with van der Waals surface area (Å²) in [5.74, 6) is -0.186. The number of rotatable bonds is 1. The second kappa shape index (κ2) is 4.81. The molecular formula is C14H17FN2O2. The van der Waals surface area contributed by atoms with Gasteiger partial charge in [0.1, 0.15) is 0 Å². The lowest BCUT2D eigenvalue weighted by molar-refractivity contribution is -0.140. The van der Waals surface area contributed by atoms with Crippen LogP contribution >= 0.6 is 0 Å². The van der Waals surface area contributed by atoms with E-state index >= 15 is 0 Å². The third kappa shape index (κ3) is 2.18. The number of nitrogens with zero attached hydrogens (tertiary/aromatic N) is 1. The Bertz CT molecular complexity index is 506. The average Bonchev–Trinajstić information content (AvgIpc) is 2.84. The molecule has 2 aliphatic heterocycles. The van der Waals surface area contributed by atoms with E-state index in [0.717, 1.165) is 18.7 Å². The first kappa shape index (κ1) is 12.4.